The molecule has 0 aliphatic carbocycles. The first-order valence-electron chi connectivity index (χ1n) is 7.27. The van der Waals surface area contributed by atoms with Gasteiger partial charge in [-0.15, -0.1) is 0 Å². The van der Waals surface area contributed by atoms with Gasteiger partial charge in [-0.2, -0.15) is 5.26 Å². The van der Waals surface area contributed by atoms with E-state index in [4.69, 9.17) is 5.26 Å². The molecular weight excluding hydrogens is 286 g/mol. The second-order valence-corrected chi connectivity index (χ2v) is 6.15. The summed E-state index contributed by atoms with van der Waals surface area (Å²) in [5.74, 6) is -0.469. The molecule has 0 saturated carbocycles. The molecule has 1 aliphatic rings. The van der Waals surface area contributed by atoms with Gasteiger partial charge in [0, 0.05) is 36.1 Å². The third-order valence-electron chi connectivity index (χ3n) is 4.47. The number of alkyl halides is 1. The molecule has 2 atom stereocenters. The summed E-state index contributed by atoms with van der Waals surface area (Å²) in [6.45, 7) is 6.29. The van der Waals surface area contributed by atoms with Gasteiger partial charge in [-0.3, -0.25) is 4.90 Å². The van der Waals surface area contributed by atoms with Crippen LogP contribution in [0, 0.1) is 22.6 Å². The van der Waals surface area contributed by atoms with Crippen LogP contribution in [0.1, 0.15) is 30.9 Å². The normalized spacial score (nSPS) is 25.6. The lowest BCUT2D eigenvalue weighted by Gasteiger charge is -2.41. The van der Waals surface area contributed by atoms with Crippen LogP contribution >= 0.6 is 0 Å². The summed E-state index contributed by atoms with van der Waals surface area (Å²) >= 11 is 0. The maximum absolute atomic E-state index is 14.3. The minimum absolute atomic E-state index is 0.0328. The second-order valence-electron chi connectivity index (χ2n) is 6.15. The van der Waals surface area contributed by atoms with Gasteiger partial charge in [0.2, 0.25) is 0 Å². The summed E-state index contributed by atoms with van der Waals surface area (Å²) in [4.78, 5) is 1.81. The summed E-state index contributed by atoms with van der Waals surface area (Å²) in [7, 11) is 0. The first-order valence-corrected chi connectivity index (χ1v) is 7.27. The Morgan fingerprint density at radius 2 is 2.32 bits per heavy atom. The number of piperidine rings is 1. The molecule has 118 valence electrons. The second kappa shape index (κ2) is 6.45. The third kappa shape index (κ3) is 3.28. The van der Waals surface area contributed by atoms with E-state index < -0.39 is 17.4 Å². The maximum Gasteiger partial charge on any atom is 0.128 e. The van der Waals surface area contributed by atoms with Crippen molar-refractivity contribution in [2.75, 3.05) is 13.1 Å². The molecule has 3 nitrogen and oxygen atoms in total. The van der Waals surface area contributed by atoms with Crippen molar-refractivity contribution in [1.82, 2.24) is 4.90 Å². The lowest BCUT2D eigenvalue weighted by Crippen LogP contribution is -2.47. The molecule has 1 saturated heterocycles. The molecule has 1 fully saturated rings. The monoisotopic (exact) mass is 306 g/mol. The SMILES string of the molecule is C=Cc1cc(F)c(CN2CC[C@](C)(CC#N)C(F)C2)cc1O. The van der Waals surface area contributed by atoms with E-state index in [1.165, 1.54) is 18.2 Å². The van der Waals surface area contributed by atoms with Gasteiger partial charge in [-0.1, -0.05) is 19.6 Å². The fourth-order valence-electron chi connectivity index (χ4n) is 2.78. The first kappa shape index (κ1) is 16.4. The highest BCUT2D eigenvalue weighted by molar-refractivity contribution is 5.56. The van der Waals surface area contributed by atoms with Crippen molar-refractivity contribution in [2.45, 2.75) is 32.5 Å². The quantitative estimate of drug-likeness (QED) is 0.924. The van der Waals surface area contributed by atoms with E-state index in [0.29, 0.717) is 24.1 Å². The van der Waals surface area contributed by atoms with Gasteiger partial charge in [-0.05, 0) is 25.1 Å². The van der Waals surface area contributed by atoms with E-state index in [-0.39, 0.29) is 25.3 Å². The van der Waals surface area contributed by atoms with Crippen LogP contribution in [0.3, 0.4) is 0 Å². The fourth-order valence-corrected chi connectivity index (χ4v) is 2.78. The lowest BCUT2D eigenvalue weighted by atomic mass is 9.76. The van der Waals surface area contributed by atoms with Crippen LogP contribution in [-0.2, 0) is 6.54 Å². The summed E-state index contributed by atoms with van der Waals surface area (Å²) in [5.41, 5.74) is 0.0441. The van der Waals surface area contributed by atoms with Crippen LogP contribution in [0.5, 0.6) is 5.75 Å². The van der Waals surface area contributed by atoms with Crippen molar-refractivity contribution in [3.8, 4) is 11.8 Å². The minimum atomic E-state index is -1.12. The van der Waals surface area contributed by atoms with Crippen LogP contribution < -0.4 is 0 Å². The molecule has 2 rings (SSSR count). The summed E-state index contributed by atoms with van der Waals surface area (Å²) in [6.07, 6.45) is 1.00. The molecule has 0 spiro atoms. The summed E-state index contributed by atoms with van der Waals surface area (Å²) < 4.78 is 28.3. The summed E-state index contributed by atoms with van der Waals surface area (Å²) in [6, 6.07) is 4.64. The number of nitrogens with zero attached hydrogens (tertiary/aromatic N) is 2. The fraction of sp³-hybridized carbons (Fsp3) is 0.471. The van der Waals surface area contributed by atoms with Crippen molar-refractivity contribution in [2.24, 2.45) is 5.41 Å². The number of phenols is 1. The number of hydrogen-bond acceptors (Lipinski definition) is 3. The van der Waals surface area contributed by atoms with E-state index in [0.717, 1.165) is 0 Å². The molecule has 0 radical (unpaired) electrons. The van der Waals surface area contributed by atoms with Gasteiger partial charge in [0.15, 0.2) is 0 Å². The van der Waals surface area contributed by atoms with Crippen LogP contribution in [-0.4, -0.2) is 29.3 Å². The molecule has 1 unspecified atom stereocenters. The highest BCUT2D eigenvalue weighted by Gasteiger charge is 2.39. The molecular formula is C17H20F2N2O. The standard InChI is InChI=1S/C17H20F2N2O/c1-3-12-8-14(18)13(9-15(12)22)10-21-7-5-17(2,4-6-20)16(19)11-21/h3,8-9,16,22H,1,4-5,7,10-11H2,2H3/t16?,17-/m0/s1. The largest absolute Gasteiger partial charge is 0.507 e. The Balaban J connectivity index is 2.09. The van der Waals surface area contributed by atoms with Gasteiger partial charge in [0.25, 0.3) is 0 Å². The number of rotatable bonds is 4. The van der Waals surface area contributed by atoms with Crippen molar-refractivity contribution in [1.29, 1.82) is 5.26 Å². The molecule has 0 bridgehead atoms. The number of likely N-dealkylation sites (tertiary alicyclic amines) is 1. The smallest absolute Gasteiger partial charge is 0.128 e. The van der Waals surface area contributed by atoms with Crippen LogP contribution in [0.2, 0.25) is 0 Å². The zero-order chi connectivity index (χ0) is 16.3. The van der Waals surface area contributed by atoms with Crippen molar-refractivity contribution in [3.05, 3.63) is 35.7 Å². The van der Waals surface area contributed by atoms with E-state index in [9.17, 15) is 13.9 Å². The Hall–Kier alpha value is -1.93. The maximum atomic E-state index is 14.3. The molecule has 1 aliphatic heterocycles. The molecule has 1 aromatic carbocycles. The summed E-state index contributed by atoms with van der Waals surface area (Å²) in [5, 5.41) is 18.6. The first-order chi connectivity index (χ1) is 10.4. The van der Waals surface area contributed by atoms with E-state index in [1.807, 2.05) is 11.0 Å². The van der Waals surface area contributed by atoms with Crippen LogP contribution in [0.15, 0.2) is 18.7 Å². The van der Waals surface area contributed by atoms with E-state index in [1.54, 1.807) is 6.92 Å². The van der Waals surface area contributed by atoms with Crippen LogP contribution in [0.4, 0.5) is 8.78 Å². The molecule has 1 N–H and O–H groups in total. The Morgan fingerprint density at radius 3 is 2.91 bits per heavy atom. The molecule has 5 heteroatoms. The van der Waals surface area contributed by atoms with E-state index >= 15 is 0 Å². The Kier molecular flexibility index (Phi) is 4.82. The Labute approximate surface area is 129 Å². The Morgan fingerprint density at radius 1 is 1.59 bits per heavy atom. The molecule has 0 aromatic heterocycles. The van der Waals surface area contributed by atoms with Gasteiger partial charge >= 0.3 is 0 Å². The Bertz CT molecular complexity index is 611. The predicted molar refractivity (Wildman–Crippen MR) is 81.3 cm³/mol. The number of phenolic OH excluding ortho intramolecular Hbond substituents is 1. The predicted octanol–water partition coefficient (Wildman–Crippen LogP) is 3.64. The van der Waals surface area contributed by atoms with Crippen molar-refractivity contribution in [3.63, 3.8) is 0 Å². The zero-order valence-corrected chi connectivity index (χ0v) is 12.6. The van der Waals surface area contributed by atoms with Crippen molar-refractivity contribution >= 4 is 6.08 Å². The third-order valence-corrected chi connectivity index (χ3v) is 4.47. The topological polar surface area (TPSA) is 47.3 Å². The van der Waals surface area contributed by atoms with Gasteiger partial charge in [-0.25, -0.2) is 8.78 Å². The highest BCUT2D eigenvalue weighted by atomic mass is 19.1. The number of halogens is 2. The van der Waals surface area contributed by atoms with Crippen molar-refractivity contribution < 1.29 is 13.9 Å². The lowest BCUT2D eigenvalue weighted by molar-refractivity contribution is 0.0182. The zero-order valence-electron chi connectivity index (χ0n) is 12.6. The van der Waals surface area contributed by atoms with Crippen LogP contribution in [0.25, 0.3) is 6.08 Å². The highest BCUT2D eigenvalue weighted by Crippen LogP contribution is 2.37. The molecule has 0 amide bonds. The number of nitriles is 1. The molecule has 1 heterocycles. The van der Waals surface area contributed by atoms with Gasteiger partial charge in [0.05, 0.1) is 6.07 Å². The molecule has 22 heavy (non-hydrogen) atoms. The number of benzene rings is 1. The number of aromatic hydroxyl groups is 1. The average Bonchev–Trinajstić information content (AvgIpc) is 2.47. The number of hydrogen-bond donors (Lipinski definition) is 1. The van der Waals surface area contributed by atoms with E-state index in [2.05, 4.69) is 6.58 Å². The van der Waals surface area contributed by atoms with Gasteiger partial charge in [0.1, 0.15) is 17.7 Å². The average molecular weight is 306 g/mol. The minimum Gasteiger partial charge on any atom is -0.507 e. The molecule has 1 aromatic rings. The van der Waals surface area contributed by atoms with Gasteiger partial charge < -0.3 is 5.11 Å².